The Kier molecular flexibility index (Phi) is 6.79. The molecular weight excluding hydrogens is 375 g/mol. The minimum Gasteiger partial charge on any atom is -0.497 e. The van der Waals surface area contributed by atoms with Gasteiger partial charge in [0.1, 0.15) is 18.1 Å². The first kappa shape index (κ1) is 20.0. The van der Waals surface area contributed by atoms with E-state index in [2.05, 4.69) is 0 Å². The van der Waals surface area contributed by atoms with Gasteiger partial charge in [-0.2, -0.15) is 0 Å². The van der Waals surface area contributed by atoms with Crippen LogP contribution < -0.4 is 14.5 Å². The Balaban J connectivity index is 1.72. The lowest BCUT2D eigenvalue weighted by Gasteiger charge is -2.24. The fourth-order valence-electron chi connectivity index (χ4n) is 3.01. The van der Waals surface area contributed by atoms with Crippen LogP contribution in [0.5, 0.6) is 5.75 Å². The van der Waals surface area contributed by atoms with Crippen molar-refractivity contribution in [3.05, 3.63) is 82.3 Å². The number of amides is 1. The quantitative estimate of drug-likeness (QED) is 0.631. The molecule has 0 radical (unpaired) electrons. The minimum absolute atomic E-state index is 0.0400. The molecule has 1 N–H and O–H groups in total. The molecule has 4 nitrogen and oxygen atoms in total. The number of ether oxygens (including phenoxy) is 1. The number of hydrogen-bond acceptors (Lipinski definition) is 3. The molecule has 0 aliphatic heterocycles. The van der Waals surface area contributed by atoms with Crippen LogP contribution in [0.2, 0.25) is 0 Å². The average Bonchev–Trinajstić information content (AvgIpc) is 3.21. The third-order valence-corrected chi connectivity index (χ3v) is 5.31. The summed E-state index contributed by atoms with van der Waals surface area (Å²) in [6, 6.07) is 18.0. The highest BCUT2D eigenvalue weighted by Gasteiger charge is 2.21. The van der Waals surface area contributed by atoms with Crippen LogP contribution in [0.25, 0.3) is 0 Å². The number of anilines is 1. The highest BCUT2D eigenvalue weighted by atomic mass is 32.1. The first-order chi connectivity index (χ1) is 13.5. The fourth-order valence-corrected chi connectivity index (χ4v) is 3.70. The van der Waals surface area contributed by atoms with Crippen LogP contribution in [0.15, 0.2) is 66.0 Å². The van der Waals surface area contributed by atoms with Crippen molar-refractivity contribution in [1.29, 1.82) is 0 Å². The Morgan fingerprint density at radius 2 is 1.82 bits per heavy atom. The predicted octanol–water partition coefficient (Wildman–Crippen LogP) is 3.14. The molecule has 3 aromatic rings. The Hall–Kier alpha value is -2.70. The lowest BCUT2D eigenvalue weighted by Crippen LogP contribution is -3.08. The van der Waals surface area contributed by atoms with E-state index < -0.39 is 0 Å². The molecule has 0 fully saturated rings. The van der Waals surface area contributed by atoms with E-state index in [4.69, 9.17) is 4.74 Å². The molecule has 1 aromatic heterocycles. The van der Waals surface area contributed by atoms with E-state index in [0.717, 1.165) is 26.8 Å². The van der Waals surface area contributed by atoms with Gasteiger partial charge in [-0.3, -0.25) is 4.79 Å². The maximum Gasteiger partial charge on any atom is 0.282 e. The molecular formula is C22H24FN2O2S+. The number of benzene rings is 2. The summed E-state index contributed by atoms with van der Waals surface area (Å²) in [5.41, 5.74) is 1.84. The van der Waals surface area contributed by atoms with Gasteiger partial charge in [0.2, 0.25) is 0 Å². The summed E-state index contributed by atoms with van der Waals surface area (Å²) < 4.78 is 18.3. The van der Waals surface area contributed by atoms with E-state index in [1.807, 2.05) is 48.8 Å². The molecule has 0 saturated heterocycles. The SMILES string of the molecule is COc1ccc(N(Cc2cccs2)C(=O)C[NH+](C)Cc2ccc(F)cc2)cc1. The molecule has 1 atom stereocenters. The molecule has 0 saturated carbocycles. The molecule has 0 bridgehead atoms. The second kappa shape index (κ2) is 9.48. The maximum atomic E-state index is 13.1. The standard InChI is InChI=1S/C22H23FN2O2S/c1-24(14-17-5-7-18(23)8-6-17)16-22(26)25(15-21-4-3-13-28-21)19-9-11-20(27-2)12-10-19/h3-13H,14-16H2,1-2H3/p+1. The third-order valence-electron chi connectivity index (χ3n) is 4.45. The van der Waals surface area contributed by atoms with Gasteiger partial charge >= 0.3 is 0 Å². The van der Waals surface area contributed by atoms with Gasteiger partial charge in [-0.1, -0.05) is 18.2 Å². The van der Waals surface area contributed by atoms with Gasteiger partial charge in [-0.05, 0) is 47.8 Å². The predicted molar refractivity (Wildman–Crippen MR) is 110 cm³/mol. The van der Waals surface area contributed by atoms with Gasteiger partial charge in [-0.25, -0.2) is 4.39 Å². The maximum absolute atomic E-state index is 13.1. The molecule has 146 valence electrons. The van der Waals surface area contributed by atoms with Crippen molar-refractivity contribution >= 4 is 22.9 Å². The van der Waals surface area contributed by atoms with Crippen molar-refractivity contribution in [2.75, 3.05) is 25.6 Å². The van der Waals surface area contributed by atoms with E-state index >= 15 is 0 Å². The van der Waals surface area contributed by atoms with Crippen molar-refractivity contribution in [3.8, 4) is 5.75 Å². The monoisotopic (exact) mass is 399 g/mol. The van der Waals surface area contributed by atoms with Crippen molar-refractivity contribution < 1.29 is 18.8 Å². The van der Waals surface area contributed by atoms with Crippen LogP contribution in [0.3, 0.4) is 0 Å². The number of quaternary nitrogens is 1. The van der Waals surface area contributed by atoms with E-state index in [9.17, 15) is 9.18 Å². The number of carbonyl (C=O) groups is 1. The molecule has 28 heavy (non-hydrogen) atoms. The zero-order chi connectivity index (χ0) is 19.9. The average molecular weight is 400 g/mol. The molecule has 3 rings (SSSR count). The number of rotatable bonds is 8. The molecule has 6 heteroatoms. The Bertz CT molecular complexity index is 880. The van der Waals surface area contributed by atoms with Crippen LogP contribution in [-0.2, 0) is 17.9 Å². The van der Waals surface area contributed by atoms with Crippen LogP contribution >= 0.6 is 11.3 Å². The molecule has 2 aromatic carbocycles. The number of likely N-dealkylation sites (N-methyl/N-ethyl adjacent to an activating group) is 1. The summed E-state index contributed by atoms with van der Waals surface area (Å²) in [7, 11) is 3.59. The van der Waals surface area contributed by atoms with E-state index in [1.54, 1.807) is 35.5 Å². The number of nitrogens with one attached hydrogen (secondary N) is 1. The topological polar surface area (TPSA) is 34.0 Å². The van der Waals surface area contributed by atoms with Crippen LogP contribution in [0, 0.1) is 5.82 Å². The largest absolute Gasteiger partial charge is 0.497 e. The van der Waals surface area contributed by atoms with Gasteiger partial charge in [0.05, 0.1) is 20.7 Å². The van der Waals surface area contributed by atoms with Gasteiger partial charge in [0.25, 0.3) is 5.91 Å². The van der Waals surface area contributed by atoms with Gasteiger partial charge < -0.3 is 14.5 Å². The summed E-state index contributed by atoms with van der Waals surface area (Å²) >= 11 is 1.63. The summed E-state index contributed by atoms with van der Waals surface area (Å²) in [5.74, 6) is 0.545. The number of nitrogens with zero attached hydrogens (tertiary/aromatic N) is 1. The van der Waals surface area contributed by atoms with Crippen molar-refractivity contribution in [3.63, 3.8) is 0 Å². The summed E-state index contributed by atoms with van der Waals surface area (Å²) in [6.45, 7) is 1.53. The number of carbonyl (C=O) groups excluding carboxylic acids is 1. The van der Waals surface area contributed by atoms with Crippen molar-refractivity contribution in [1.82, 2.24) is 0 Å². The zero-order valence-corrected chi connectivity index (χ0v) is 16.8. The van der Waals surface area contributed by atoms with E-state index in [-0.39, 0.29) is 11.7 Å². The van der Waals surface area contributed by atoms with Crippen LogP contribution in [-0.4, -0.2) is 26.6 Å². The summed E-state index contributed by atoms with van der Waals surface area (Å²) in [6.07, 6.45) is 0. The lowest BCUT2D eigenvalue weighted by atomic mass is 10.2. The molecule has 1 unspecified atom stereocenters. The number of halogens is 1. The smallest absolute Gasteiger partial charge is 0.282 e. The van der Waals surface area contributed by atoms with Crippen LogP contribution in [0.1, 0.15) is 10.4 Å². The fraction of sp³-hybridized carbons (Fsp3) is 0.227. The second-order valence-corrected chi connectivity index (χ2v) is 7.73. The first-order valence-corrected chi connectivity index (χ1v) is 9.95. The van der Waals surface area contributed by atoms with Crippen LogP contribution in [0.4, 0.5) is 10.1 Å². The number of thiophene rings is 1. The highest BCUT2D eigenvalue weighted by molar-refractivity contribution is 7.09. The lowest BCUT2D eigenvalue weighted by molar-refractivity contribution is -0.885. The molecule has 1 amide bonds. The van der Waals surface area contributed by atoms with Gasteiger partial charge in [0, 0.05) is 16.1 Å². The molecule has 0 aliphatic carbocycles. The summed E-state index contributed by atoms with van der Waals surface area (Å²) in [4.78, 5) is 17.1. The third kappa shape index (κ3) is 5.41. The molecule has 0 aliphatic rings. The highest BCUT2D eigenvalue weighted by Crippen LogP contribution is 2.22. The second-order valence-electron chi connectivity index (χ2n) is 6.69. The van der Waals surface area contributed by atoms with E-state index in [0.29, 0.717) is 19.6 Å². The molecule has 0 spiro atoms. The Morgan fingerprint density at radius 1 is 1.11 bits per heavy atom. The van der Waals surface area contributed by atoms with Crippen molar-refractivity contribution in [2.24, 2.45) is 0 Å². The first-order valence-electron chi connectivity index (χ1n) is 9.07. The number of methoxy groups -OCH3 is 1. The van der Waals surface area contributed by atoms with E-state index in [1.165, 1.54) is 12.1 Å². The van der Waals surface area contributed by atoms with Gasteiger partial charge in [0.15, 0.2) is 6.54 Å². The Labute approximate surface area is 168 Å². The van der Waals surface area contributed by atoms with Crippen molar-refractivity contribution in [2.45, 2.75) is 13.1 Å². The number of hydrogen-bond donors (Lipinski definition) is 1. The minimum atomic E-state index is -0.251. The van der Waals surface area contributed by atoms with Gasteiger partial charge in [-0.15, -0.1) is 11.3 Å². The molecule has 1 heterocycles. The zero-order valence-electron chi connectivity index (χ0n) is 16.0. The normalized spacial score (nSPS) is 11.8. The summed E-state index contributed by atoms with van der Waals surface area (Å²) in [5, 5.41) is 2.01. The Morgan fingerprint density at radius 3 is 2.43 bits per heavy atom.